The molecular weight excluding hydrogens is 437 g/mol. The first-order chi connectivity index (χ1) is 13.8. The number of aromatic amines is 1. The van der Waals surface area contributed by atoms with Gasteiger partial charge in [0.15, 0.2) is 5.65 Å². The first kappa shape index (κ1) is 21.6. The number of hydrogen-bond donors (Lipinski definition) is 2. The second-order valence-corrected chi connectivity index (χ2v) is 10.3. The average Bonchev–Trinajstić information content (AvgIpc) is 3.12. The second kappa shape index (κ2) is 9.60. The summed E-state index contributed by atoms with van der Waals surface area (Å²) >= 11 is 0. The van der Waals surface area contributed by atoms with Crippen LogP contribution in [0.2, 0.25) is 0 Å². The van der Waals surface area contributed by atoms with Crippen LogP contribution in [0.25, 0.3) is 11.2 Å². The van der Waals surface area contributed by atoms with E-state index < -0.39 is 8.26 Å². The molecule has 3 aromatic rings. The quantitative estimate of drug-likeness (QED) is 0.539. The number of rotatable bonds is 4. The first-order valence-electron chi connectivity index (χ1n) is 9.14. The SMILES string of the molecule is Cc1ccccc1Nc1nc(OC2CCCCC2)c2[nH]cnc2n1.O=S(=O)(Cl)Cl. The van der Waals surface area contributed by atoms with Crippen LogP contribution in [-0.2, 0) is 8.26 Å². The first-order valence-corrected chi connectivity index (χ1v) is 12.3. The van der Waals surface area contributed by atoms with Crippen LogP contribution in [0.4, 0.5) is 11.6 Å². The predicted octanol–water partition coefficient (Wildman–Crippen LogP) is 4.83. The number of aromatic nitrogens is 4. The number of para-hydroxylation sites is 1. The summed E-state index contributed by atoms with van der Waals surface area (Å²) in [5, 5.41) is 3.28. The fourth-order valence-electron chi connectivity index (χ4n) is 3.12. The minimum Gasteiger partial charge on any atom is -0.473 e. The van der Waals surface area contributed by atoms with Gasteiger partial charge < -0.3 is 15.0 Å². The smallest absolute Gasteiger partial charge is 0.317 e. The van der Waals surface area contributed by atoms with Crippen LogP contribution in [0, 0.1) is 6.92 Å². The summed E-state index contributed by atoms with van der Waals surface area (Å²) in [6.45, 7) is 2.05. The van der Waals surface area contributed by atoms with Gasteiger partial charge >= 0.3 is 8.26 Å². The van der Waals surface area contributed by atoms with Crippen molar-refractivity contribution < 1.29 is 13.2 Å². The molecule has 1 aliphatic carbocycles. The maximum Gasteiger partial charge on any atom is 0.317 e. The maximum atomic E-state index is 9.16. The third-order valence-corrected chi connectivity index (χ3v) is 4.47. The van der Waals surface area contributed by atoms with Gasteiger partial charge in [-0.2, -0.15) is 18.4 Å². The van der Waals surface area contributed by atoms with E-state index in [-0.39, 0.29) is 6.10 Å². The van der Waals surface area contributed by atoms with Crippen LogP contribution in [-0.4, -0.2) is 34.5 Å². The lowest BCUT2D eigenvalue weighted by atomic mass is 9.98. The van der Waals surface area contributed by atoms with E-state index in [1.54, 1.807) is 6.33 Å². The van der Waals surface area contributed by atoms with Crippen molar-refractivity contribution in [3.63, 3.8) is 0 Å². The monoisotopic (exact) mass is 457 g/mol. The summed E-state index contributed by atoms with van der Waals surface area (Å²) in [6, 6.07) is 8.06. The molecule has 0 aliphatic heterocycles. The van der Waals surface area contributed by atoms with Crippen molar-refractivity contribution in [2.75, 3.05) is 5.32 Å². The van der Waals surface area contributed by atoms with Crippen LogP contribution < -0.4 is 10.1 Å². The molecule has 1 fully saturated rings. The van der Waals surface area contributed by atoms with Crippen molar-refractivity contribution in [2.45, 2.75) is 45.1 Å². The van der Waals surface area contributed by atoms with Gasteiger partial charge in [-0.25, -0.2) is 4.98 Å². The van der Waals surface area contributed by atoms with Gasteiger partial charge in [-0.05, 0) is 44.2 Å². The lowest BCUT2D eigenvalue weighted by Crippen LogP contribution is -2.20. The molecule has 0 unspecified atom stereocenters. The number of H-pyrrole nitrogens is 1. The zero-order valence-electron chi connectivity index (χ0n) is 15.7. The van der Waals surface area contributed by atoms with E-state index in [4.69, 9.17) is 13.2 Å². The third kappa shape index (κ3) is 6.73. The van der Waals surface area contributed by atoms with Crippen molar-refractivity contribution in [1.29, 1.82) is 0 Å². The minimum atomic E-state index is -3.72. The van der Waals surface area contributed by atoms with E-state index >= 15 is 0 Å². The van der Waals surface area contributed by atoms with Crippen molar-refractivity contribution in [1.82, 2.24) is 19.9 Å². The average molecular weight is 458 g/mol. The van der Waals surface area contributed by atoms with Gasteiger partial charge in [0.25, 0.3) is 0 Å². The summed E-state index contributed by atoms with van der Waals surface area (Å²) in [4.78, 5) is 16.4. The highest BCUT2D eigenvalue weighted by Crippen LogP contribution is 2.28. The topological polar surface area (TPSA) is 110 Å². The predicted molar refractivity (Wildman–Crippen MR) is 114 cm³/mol. The van der Waals surface area contributed by atoms with Crippen LogP contribution in [0.1, 0.15) is 37.7 Å². The van der Waals surface area contributed by atoms with E-state index in [0.717, 1.165) is 29.6 Å². The number of halogens is 2. The highest BCUT2D eigenvalue weighted by atomic mass is 36.0. The Hall–Kier alpha value is -2.10. The van der Waals surface area contributed by atoms with Gasteiger partial charge in [-0.15, -0.1) is 0 Å². The lowest BCUT2D eigenvalue weighted by molar-refractivity contribution is 0.150. The number of aryl methyl sites for hydroxylation is 1. The Bertz CT molecular complexity index is 1060. The van der Waals surface area contributed by atoms with E-state index in [0.29, 0.717) is 17.5 Å². The molecule has 0 atom stereocenters. The van der Waals surface area contributed by atoms with Gasteiger partial charge in [0, 0.05) is 27.1 Å². The van der Waals surface area contributed by atoms with Crippen LogP contribution in [0.3, 0.4) is 0 Å². The number of imidazole rings is 1. The van der Waals surface area contributed by atoms with Crippen molar-refractivity contribution in [3.05, 3.63) is 36.2 Å². The number of nitrogens with zero attached hydrogens (tertiary/aromatic N) is 3. The maximum absolute atomic E-state index is 9.16. The molecule has 1 aliphatic rings. The third-order valence-electron chi connectivity index (χ3n) is 4.47. The summed E-state index contributed by atoms with van der Waals surface area (Å²) in [5.74, 6) is 1.09. The molecule has 8 nitrogen and oxygen atoms in total. The Kier molecular flexibility index (Phi) is 7.15. The number of nitrogens with one attached hydrogen (secondary N) is 2. The van der Waals surface area contributed by atoms with Crippen molar-refractivity contribution >= 4 is 52.4 Å². The van der Waals surface area contributed by atoms with Gasteiger partial charge in [-0.1, -0.05) is 24.6 Å². The Morgan fingerprint density at radius 1 is 1.14 bits per heavy atom. The Balaban J connectivity index is 0.000000431. The molecule has 2 aromatic heterocycles. The van der Waals surface area contributed by atoms with Crippen molar-refractivity contribution in [2.24, 2.45) is 0 Å². The molecule has 0 radical (unpaired) electrons. The van der Waals surface area contributed by atoms with Crippen LogP contribution >= 0.6 is 21.4 Å². The van der Waals surface area contributed by atoms with Gasteiger partial charge in [0.1, 0.15) is 11.6 Å². The van der Waals surface area contributed by atoms with E-state index in [9.17, 15) is 0 Å². The molecule has 0 spiro atoms. The summed E-state index contributed by atoms with van der Waals surface area (Å²) in [6.07, 6.45) is 7.76. The molecule has 2 heterocycles. The molecule has 0 saturated heterocycles. The molecule has 2 N–H and O–H groups in total. The van der Waals surface area contributed by atoms with Gasteiger partial charge in [0.2, 0.25) is 11.8 Å². The Morgan fingerprint density at radius 2 is 1.83 bits per heavy atom. The normalized spacial score (nSPS) is 14.9. The lowest BCUT2D eigenvalue weighted by Gasteiger charge is -2.22. The van der Waals surface area contributed by atoms with Crippen LogP contribution in [0.15, 0.2) is 30.6 Å². The largest absolute Gasteiger partial charge is 0.473 e. The number of hydrogen-bond acceptors (Lipinski definition) is 7. The van der Waals surface area contributed by atoms with E-state index in [1.165, 1.54) is 19.3 Å². The standard InChI is InChI=1S/C18H21N5O.Cl2O2S/c1-12-7-5-6-10-14(12)21-18-22-16-15(19-11-20-16)17(23-18)24-13-8-3-2-4-9-13;1-5(2,3)4/h5-7,10-11,13H,2-4,8-9H2,1H3,(H2,19,20,21,22,23);. The minimum absolute atomic E-state index is 0.228. The summed E-state index contributed by atoms with van der Waals surface area (Å²) in [7, 11) is 4.81. The number of fused-ring (bicyclic) bond motifs is 1. The summed E-state index contributed by atoms with van der Waals surface area (Å²) in [5.41, 5.74) is 3.50. The fourth-order valence-corrected chi connectivity index (χ4v) is 3.12. The van der Waals surface area contributed by atoms with Crippen molar-refractivity contribution in [3.8, 4) is 5.88 Å². The molecule has 1 saturated carbocycles. The molecular formula is C18H21Cl2N5O3S. The number of benzene rings is 1. The zero-order chi connectivity index (χ0) is 20.9. The van der Waals surface area contributed by atoms with E-state index in [2.05, 4.69) is 59.6 Å². The highest BCUT2D eigenvalue weighted by molar-refractivity contribution is 8.31. The molecule has 0 amide bonds. The number of anilines is 2. The molecule has 0 bridgehead atoms. The highest BCUT2D eigenvalue weighted by Gasteiger charge is 2.19. The second-order valence-electron chi connectivity index (χ2n) is 6.65. The summed E-state index contributed by atoms with van der Waals surface area (Å²) < 4.78 is 24.5. The molecule has 1 aromatic carbocycles. The van der Waals surface area contributed by atoms with Gasteiger partial charge in [0.05, 0.1) is 6.33 Å². The van der Waals surface area contributed by atoms with Gasteiger partial charge in [-0.3, -0.25) is 0 Å². The Morgan fingerprint density at radius 3 is 2.52 bits per heavy atom. The number of ether oxygens (including phenoxy) is 1. The van der Waals surface area contributed by atoms with E-state index in [1.807, 2.05) is 18.2 Å². The fraction of sp³-hybridized carbons (Fsp3) is 0.389. The molecule has 11 heteroatoms. The molecule has 4 rings (SSSR count). The Labute approximate surface area is 177 Å². The van der Waals surface area contributed by atoms with Crippen LogP contribution in [0.5, 0.6) is 5.88 Å². The molecule has 29 heavy (non-hydrogen) atoms. The zero-order valence-corrected chi connectivity index (χ0v) is 18.1. The molecule has 156 valence electrons.